The van der Waals surface area contributed by atoms with Crippen LogP contribution in [0.25, 0.3) is 0 Å². The lowest BCUT2D eigenvalue weighted by molar-refractivity contribution is 0.102. The fourth-order valence-corrected chi connectivity index (χ4v) is 2.20. The van der Waals surface area contributed by atoms with Crippen LogP contribution in [-0.4, -0.2) is 20.1 Å². The van der Waals surface area contributed by atoms with E-state index in [0.717, 1.165) is 10.0 Å². The Balaban J connectivity index is 2.24. The van der Waals surface area contributed by atoms with E-state index in [9.17, 15) is 4.79 Å². The van der Waals surface area contributed by atoms with Gasteiger partial charge >= 0.3 is 0 Å². The minimum absolute atomic E-state index is 0.189. The quantitative estimate of drug-likeness (QED) is 0.906. The second-order valence-electron chi connectivity index (χ2n) is 4.52. The first-order valence-corrected chi connectivity index (χ1v) is 7.13. The van der Waals surface area contributed by atoms with Crippen molar-refractivity contribution in [2.45, 2.75) is 6.92 Å². The average Bonchev–Trinajstić information content (AvgIpc) is 2.49. The molecule has 0 saturated carbocycles. The Labute approximate surface area is 132 Å². The molecule has 2 aromatic rings. The van der Waals surface area contributed by atoms with E-state index < -0.39 is 0 Å². The summed E-state index contributed by atoms with van der Waals surface area (Å²) in [6, 6.07) is 10.7. The highest BCUT2D eigenvalue weighted by Gasteiger charge is 2.09. The molecule has 0 aliphatic heterocycles. The highest BCUT2D eigenvalue weighted by Crippen LogP contribution is 2.26. The molecular weight excluding hydrogens is 334 g/mol. The predicted octanol–water partition coefficient (Wildman–Crippen LogP) is 4.03. The highest BCUT2D eigenvalue weighted by molar-refractivity contribution is 9.10. The first-order chi connectivity index (χ1) is 10.0. The van der Waals surface area contributed by atoms with Crippen molar-refractivity contribution in [3.8, 4) is 11.5 Å². The Morgan fingerprint density at radius 3 is 2.19 bits per heavy atom. The summed E-state index contributed by atoms with van der Waals surface area (Å²) in [6.45, 7) is 1.97. The number of nitrogens with one attached hydrogen (secondary N) is 1. The lowest BCUT2D eigenvalue weighted by Crippen LogP contribution is -2.12. The largest absolute Gasteiger partial charge is 0.497 e. The van der Waals surface area contributed by atoms with Gasteiger partial charge in [-0.25, -0.2) is 0 Å². The molecule has 0 aliphatic rings. The normalized spacial score (nSPS) is 10.1. The van der Waals surface area contributed by atoms with Crippen molar-refractivity contribution in [2.24, 2.45) is 0 Å². The summed E-state index contributed by atoms with van der Waals surface area (Å²) in [5.74, 6) is 1.05. The molecule has 0 atom stereocenters. The molecule has 5 heteroatoms. The minimum atomic E-state index is -0.189. The zero-order chi connectivity index (χ0) is 15.4. The molecule has 1 N–H and O–H groups in total. The van der Waals surface area contributed by atoms with Crippen molar-refractivity contribution in [3.63, 3.8) is 0 Å². The Morgan fingerprint density at radius 1 is 1.05 bits per heavy atom. The number of carbonyl (C=O) groups excluding carboxylic acids is 1. The molecule has 0 bridgehead atoms. The summed E-state index contributed by atoms with van der Waals surface area (Å²) < 4.78 is 11.3. The second-order valence-corrected chi connectivity index (χ2v) is 5.37. The van der Waals surface area contributed by atoms with Crippen molar-refractivity contribution < 1.29 is 14.3 Å². The van der Waals surface area contributed by atoms with E-state index in [0.29, 0.717) is 22.7 Å². The summed E-state index contributed by atoms with van der Waals surface area (Å²) in [7, 11) is 3.13. The van der Waals surface area contributed by atoms with Gasteiger partial charge in [-0.2, -0.15) is 0 Å². The first kappa shape index (κ1) is 15.4. The van der Waals surface area contributed by atoms with Gasteiger partial charge in [0.05, 0.1) is 14.2 Å². The Morgan fingerprint density at radius 2 is 1.67 bits per heavy atom. The number of ether oxygens (including phenoxy) is 2. The third kappa shape index (κ3) is 3.76. The van der Waals surface area contributed by atoms with Gasteiger partial charge in [0.2, 0.25) is 0 Å². The number of benzene rings is 2. The van der Waals surface area contributed by atoms with E-state index in [4.69, 9.17) is 9.47 Å². The number of hydrogen-bond donors (Lipinski definition) is 1. The number of rotatable bonds is 4. The van der Waals surface area contributed by atoms with Crippen LogP contribution in [0.5, 0.6) is 11.5 Å². The summed E-state index contributed by atoms with van der Waals surface area (Å²) in [6.07, 6.45) is 0. The summed E-state index contributed by atoms with van der Waals surface area (Å²) in [4.78, 5) is 12.3. The molecule has 0 heterocycles. The van der Waals surface area contributed by atoms with Crippen molar-refractivity contribution in [1.29, 1.82) is 0 Å². The van der Waals surface area contributed by atoms with E-state index >= 15 is 0 Å². The van der Waals surface area contributed by atoms with Gasteiger partial charge < -0.3 is 14.8 Å². The maximum Gasteiger partial charge on any atom is 0.255 e. The molecular formula is C16H16BrNO3. The number of carbonyl (C=O) groups is 1. The SMILES string of the molecule is COc1cc(NC(=O)c2ccc(C)c(Br)c2)cc(OC)c1. The molecule has 0 aliphatic carbocycles. The number of methoxy groups -OCH3 is 2. The molecule has 0 unspecified atom stereocenters. The fraction of sp³-hybridized carbons (Fsp3) is 0.188. The van der Waals surface area contributed by atoms with Crippen LogP contribution in [0.4, 0.5) is 5.69 Å². The highest BCUT2D eigenvalue weighted by atomic mass is 79.9. The third-order valence-electron chi connectivity index (χ3n) is 3.04. The number of anilines is 1. The molecule has 21 heavy (non-hydrogen) atoms. The van der Waals surface area contributed by atoms with Crippen LogP contribution >= 0.6 is 15.9 Å². The maximum absolute atomic E-state index is 12.3. The molecule has 0 spiro atoms. The van der Waals surface area contributed by atoms with Crippen LogP contribution in [0.1, 0.15) is 15.9 Å². The topological polar surface area (TPSA) is 47.6 Å². The lowest BCUT2D eigenvalue weighted by atomic mass is 10.1. The van der Waals surface area contributed by atoms with E-state index in [2.05, 4.69) is 21.2 Å². The zero-order valence-corrected chi connectivity index (χ0v) is 13.7. The zero-order valence-electron chi connectivity index (χ0n) is 12.1. The Hall–Kier alpha value is -2.01. The maximum atomic E-state index is 12.3. The number of halogens is 1. The molecule has 0 radical (unpaired) electrons. The van der Waals surface area contributed by atoms with E-state index in [1.165, 1.54) is 0 Å². The van der Waals surface area contributed by atoms with Crippen molar-refractivity contribution >= 4 is 27.5 Å². The molecule has 4 nitrogen and oxygen atoms in total. The summed E-state index contributed by atoms with van der Waals surface area (Å²) >= 11 is 3.43. The third-order valence-corrected chi connectivity index (χ3v) is 3.90. The monoisotopic (exact) mass is 349 g/mol. The van der Waals surface area contributed by atoms with E-state index in [-0.39, 0.29) is 5.91 Å². The van der Waals surface area contributed by atoms with Gasteiger partial charge in [-0.3, -0.25) is 4.79 Å². The van der Waals surface area contributed by atoms with Gasteiger partial charge in [0.1, 0.15) is 11.5 Å². The van der Waals surface area contributed by atoms with Crippen molar-refractivity contribution in [2.75, 3.05) is 19.5 Å². The van der Waals surface area contributed by atoms with Gasteiger partial charge in [0.15, 0.2) is 0 Å². The Kier molecular flexibility index (Phi) is 4.85. The van der Waals surface area contributed by atoms with Crippen LogP contribution in [0.2, 0.25) is 0 Å². The standard InChI is InChI=1S/C16H16BrNO3/c1-10-4-5-11(6-15(10)17)16(19)18-12-7-13(20-2)9-14(8-12)21-3/h4-9H,1-3H3,(H,18,19). The van der Waals surface area contributed by atoms with Crippen LogP contribution in [0.15, 0.2) is 40.9 Å². The number of amides is 1. The molecule has 1 amide bonds. The number of hydrogen-bond acceptors (Lipinski definition) is 3. The molecule has 110 valence electrons. The summed E-state index contributed by atoms with van der Waals surface area (Å²) in [5.41, 5.74) is 2.27. The van der Waals surface area contributed by atoms with Crippen LogP contribution in [-0.2, 0) is 0 Å². The van der Waals surface area contributed by atoms with Gasteiger partial charge in [-0.05, 0) is 24.6 Å². The molecule has 0 saturated heterocycles. The smallest absolute Gasteiger partial charge is 0.255 e. The van der Waals surface area contributed by atoms with Crippen molar-refractivity contribution in [1.82, 2.24) is 0 Å². The molecule has 0 aromatic heterocycles. The Bertz CT molecular complexity index is 648. The lowest BCUT2D eigenvalue weighted by Gasteiger charge is -2.10. The van der Waals surface area contributed by atoms with Gasteiger partial charge in [-0.1, -0.05) is 22.0 Å². The fourth-order valence-electron chi connectivity index (χ4n) is 1.82. The molecule has 2 rings (SSSR count). The van der Waals surface area contributed by atoms with Crippen molar-refractivity contribution in [3.05, 3.63) is 52.0 Å². The van der Waals surface area contributed by atoms with Crippen LogP contribution in [0.3, 0.4) is 0 Å². The predicted molar refractivity (Wildman–Crippen MR) is 86.4 cm³/mol. The minimum Gasteiger partial charge on any atom is -0.497 e. The van der Waals surface area contributed by atoms with E-state index in [1.54, 1.807) is 44.6 Å². The summed E-state index contributed by atoms with van der Waals surface area (Å²) in [5, 5.41) is 2.83. The first-order valence-electron chi connectivity index (χ1n) is 6.34. The van der Waals surface area contributed by atoms with Crippen LogP contribution < -0.4 is 14.8 Å². The second kappa shape index (κ2) is 6.63. The molecule has 2 aromatic carbocycles. The van der Waals surface area contributed by atoms with Gasteiger partial charge in [0.25, 0.3) is 5.91 Å². The molecule has 0 fully saturated rings. The number of aryl methyl sites for hydroxylation is 1. The average molecular weight is 350 g/mol. The van der Waals surface area contributed by atoms with E-state index in [1.807, 2.05) is 13.0 Å². The van der Waals surface area contributed by atoms with Gasteiger partial charge in [0, 0.05) is 33.9 Å². The van der Waals surface area contributed by atoms with Gasteiger partial charge in [-0.15, -0.1) is 0 Å². The van der Waals surface area contributed by atoms with Crippen LogP contribution in [0, 0.1) is 6.92 Å².